The van der Waals surface area contributed by atoms with Crippen molar-refractivity contribution in [3.05, 3.63) is 101 Å². The van der Waals surface area contributed by atoms with Gasteiger partial charge in [0.15, 0.2) is 11.5 Å². The molecule has 4 aliphatic rings. The number of rotatable bonds is 2. The van der Waals surface area contributed by atoms with Crippen molar-refractivity contribution in [3.63, 3.8) is 0 Å². The maximum Gasteiger partial charge on any atom is 0.169 e. The lowest BCUT2D eigenvalue weighted by Gasteiger charge is -2.19. The molecular weight excluding hydrogens is 450 g/mol. The van der Waals surface area contributed by atoms with Crippen LogP contribution in [0.1, 0.15) is 27.8 Å². The Balaban J connectivity index is 1.60. The Bertz CT molecular complexity index is 1390. The molecule has 6 bridgehead atoms. The Labute approximate surface area is 211 Å². The van der Waals surface area contributed by atoms with Gasteiger partial charge in [-0.3, -0.25) is 0 Å². The Morgan fingerprint density at radius 1 is 0.694 bits per heavy atom. The van der Waals surface area contributed by atoms with Crippen LogP contribution in [0.15, 0.2) is 72.8 Å². The third-order valence-corrected chi connectivity index (χ3v) is 6.73. The molecule has 0 saturated carbocycles. The molecule has 4 heterocycles. The standard InChI is InChI=1S/C31H31NO4/c1-32(2)19-24-12-11-23-10-5-20-6-13-25(14-7-20)36-29-18-22(9-16-27(29)33)4-3-21-8-15-26(28(34)17-21)30(23)31(24)35/h6-9,11-18,33-35H,3-5,10,19H2,1-2H3. The van der Waals surface area contributed by atoms with Gasteiger partial charge in [0.05, 0.1) is 0 Å². The molecular formula is C31H31NO4. The van der Waals surface area contributed by atoms with Crippen LogP contribution in [-0.2, 0) is 32.2 Å². The zero-order valence-corrected chi connectivity index (χ0v) is 20.7. The predicted molar refractivity (Wildman–Crippen MR) is 142 cm³/mol. The van der Waals surface area contributed by atoms with Crippen molar-refractivity contribution < 1.29 is 20.1 Å². The number of phenolic OH excluding ortho intramolecular Hbond substituents is 3. The number of ether oxygens (including phenoxy) is 1. The molecule has 0 radical (unpaired) electrons. The molecule has 0 unspecified atom stereocenters. The second-order valence-electron chi connectivity index (χ2n) is 9.74. The van der Waals surface area contributed by atoms with E-state index in [0.717, 1.165) is 40.7 Å². The highest BCUT2D eigenvalue weighted by atomic mass is 16.5. The normalized spacial score (nSPS) is 13.2. The fourth-order valence-electron chi connectivity index (χ4n) is 4.81. The molecule has 5 nitrogen and oxygen atoms in total. The van der Waals surface area contributed by atoms with Crippen molar-refractivity contribution in [2.45, 2.75) is 32.2 Å². The lowest BCUT2D eigenvalue weighted by molar-refractivity contribution is 0.386. The highest BCUT2D eigenvalue weighted by molar-refractivity contribution is 5.80. The first-order valence-corrected chi connectivity index (χ1v) is 12.3. The molecule has 0 atom stereocenters. The minimum atomic E-state index is 0.101. The summed E-state index contributed by atoms with van der Waals surface area (Å²) in [6.07, 6.45) is 2.91. The molecule has 0 aliphatic carbocycles. The van der Waals surface area contributed by atoms with Crippen LogP contribution in [-0.4, -0.2) is 34.3 Å². The third-order valence-electron chi connectivity index (χ3n) is 6.73. The molecule has 4 aliphatic heterocycles. The summed E-state index contributed by atoms with van der Waals surface area (Å²) in [6.45, 7) is 0.605. The van der Waals surface area contributed by atoms with Crippen LogP contribution in [0.2, 0.25) is 0 Å². The van der Waals surface area contributed by atoms with Gasteiger partial charge in [0.25, 0.3) is 0 Å². The zero-order valence-electron chi connectivity index (χ0n) is 20.7. The van der Waals surface area contributed by atoms with Crippen LogP contribution in [0.5, 0.6) is 28.7 Å². The minimum absolute atomic E-state index is 0.101. The van der Waals surface area contributed by atoms with Gasteiger partial charge >= 0.3 is 0 Å². The minimum Gasteiger partial charge on any atom is -0.507 e. The van der Waals surface area contributed by atoms with E-state index in [1.54, 1.807) is 12.1 Å². The second-order valence-corrected chi connectivity index (χ2v) is 9.74. The summed E-state index contributed by atoms with van der Waals surface area (Å²) in [7, 11) is 3.94. The molecule has 0 aromatic heterocycles. The Kier molecular flexibility index (Phi) is 6.57. The van der Waals surface area contributed by atoms with Gasteiger partial charge in [-0.15, -0.1) is 0 Å². The lowest BCUT2D eigenvalue weighted by Crippen LogP contribution is -2.11. The molecule has 0 amide bonds. The quantitative estimate of drug-likeness (QED) is 0.318. The van der Waals surface area contributed by atoms with E-state index in [1.807, 2.05) is 73.6 Å². The molecule has 3 N–H and O–H groups in total. The number of benzene rings is 4. The fraction of sp³-hybridized carbons (Fsp3) is 0.226. The van der Waals surface area contributed by atoms with E-state index >= 15 is 0 Å². The summed E-state index contributed by atoms with van der Waals surface area (Å²) >= 11 is 0. The van der Waals surface area contributed by atoms with Crippen LogP contribution in [0.4, 0.5) is 0 Å². The number of hydrogen-bond acceptors (Lipinski definition) is 5. The molecule has 184 valence electrons. The van der Waals surface area contributed by atoms with Gasteiger partial charge in [0.1, 0.15) is 17.2 Å². The van der Waals surface area contributed by atoms with E-state index in [2.05, 4.69) is 6.07 Å². The Morgan fingerprint density at radius 3 is 2.08 bits per heavy atom. The van der Waals surface area contributed by atoms with Crippen molar-refractivity contribution in [2.75, 3.05) is 14.1 Å². The van der Waals surface area contributed by atoms with Gasteiger partial charge in [0.2, 0.25) is 0 Å². The monoisotopic (exact) mass is 481 g/mol. The van der Waals surface area contributed by atoms with Crippen LogP contribution in [0.25, 0.3) is 11.1 Å². The summed E-state index contributed by atoms with van der Waals surface area (Å²) in [6, 6.07) is 23.0. The smallest absolute Gasteiger partial charge is 0.169 e. The first-order valence-electron chi connectivity index (χ1n) is 12.3. The van der Waals surface area contributed by atoms with Gasteiger partial charge in [-0.05, 0) is 92.4 Å². The highest BCUT2D eigenvalue weighted by Gasteiger charge is 2.19. The van der Waals surface area contributed by atoms with E-state index in [0.29, 0.717) is 42.0 Å². The second kappa shape index (κ2) is 9.96. The topological polar surface area (TPSA) is 73.2 Å². The number of nitrogens with zero attached hydrogens (tertiary/aromatic N) is 1. The molecule has 8 rings (SSSR count). The third kappa shape index (κ3) is 5.02. The van der Waals surface area contributed by atoms with Gasteiger partial charge in [0, 0.05) is 23.2 Å². The van der Waals surface area contributed by atoms with Crippen LogP contribution in [0.3, 0.4) is 0 Å². The maximum absolute atomic E-state index is 11.3. The Hall–Kier alpha value is -3.96. The van der Waals surface area contributed by atoms with Gasteiger partial charge in [-0.2, -0.15) is 0 Å². The largest absolute Gasteiger partial charge is 0.507 e. The molecule has 4 aromatic carbocycles. The van der Waals surface area contributed by atoms with Gasteiger partial charge in [-0.25, -0.2) is 0 Å². The van der Waals surface area contributed by atoms with Crippen molar-refractivity contribution in [1.82, 2.24) is 4.90 Å². The maximum atomic E-state index is 11.3. The number of aryl methyl sites for hydroxylation is 4. The molecule has 0 fully saturated rings. The summed E-state index contributed by atoms with van der Waals surface area (Å²) in [5.41, 5.74) is 6.30. The van der Waals surface area contributed by atoms with Gasteiger partial charge in [-0.1, -0.05) is 42.5 Å². The van der Waals surface area contributed by atoms with Crippen molar-refractivity contribution >= 4 is 0 Å². The van der Waals surface area contributed by atoms with Crippen LogP contribution >= 0.6 is 0 Å². The average Bonchev–Trinajstić information content (AvgIpc) is 2.85. The van der Waals surface area contributed by atoms with Crippen molar-refractivity contribution in [2.24, 2.45) is 0 Å². The Morgan fingerprint density at radius 2 is 1.36 bits per heavy atom. The van der Waals surface area contributed by atoms with E-state index < -0.39 is 0 Å². The summed E-state index contributed by atoms with van der Waals surface area (Å²) < 4.78 is 5.98. The SMILES string of the molecule is CN(C)Cc1ccc2c(c1O)-c1ccc(cc1O)CCc1ccc(O)c(c1)Oc1ccc(cc1)CC2. The summed E-state index contributed by atoms with van der Waals surface area (Å²) in [5.74, 6) is 1.57. The summed E-state index contributed by atoms with van der Waals surface area (Å²) in [4.78, 5) is 2.02. The van der Waals surface area contributed by atoms with E-state index in [-0.39, 0.29) is 17.2 Å². The van der Waals surface area contributed by atoms with Crippen LogP contribution in [0, 0.1) is 0 Å². The number of phenols is 3. The fourth-order valence-corrected chi connectivity index (χ4v) is 4.81. The first kappa shape index (κ1) is 23.8. The predicted octanol–water partition coefficient (Wildman–Crippen LogP) is 6.21. The zero-order chi connectivity index (χ0) is 25.2. The molecule has 0 saturated heterocycles. The van der Waals surface area contributed by atoms with Gasteiger partial charge < -0.3 is 25.0 Å². The molecule has 0 spiro atoms. The lowest BCUT2D eigenvalue weighted by atomic mass is 9.90. The first-order chi connectivity index (χ1) is 17.4. The summed E-state index contributed by atoms with van der Waals surface area (Å²) in [5, 5.41) is 32.7. The highest BCUT2D eigenvalue weighted by Crippen LogP contribution is 2.41. The molecule has 4 aromatic rings. The number of aromatic hydroxyl groups is 3. The average molecular weight is 482 g/mol. The molecule has 36 heavy (non-hydrogen) atoms. The van der Waals surface area contributed by atoms with Crippen molar-refractivity contribution in [1.29, 1.82) is 0 Å². The van der Waals surface area contributed by atoms with Crippen LogP contribution < -0.4 is 4.74 Å². The molecule has 5 heteroatoms. The number of hydrogen-bond donors (Lipinski definition) is 3. The van der Waals surface area contributed by atoms with Crippen molar-refractivity contribution in [3.8, 4) is 39.9 Å². The van der Waals surface area contributed by atoms with E-state index in [9.17, 15) is 15.3 Å². The van der Waals surface area contributed by atoms with E-state index in [1.165, 1.54) is 0 Å². The van der Waals surface area contributed by atoms with E-state index in [4.69, 9.17) is 4.74 Å².